The van der Waals surface area contributed by atoms with Crippen LogP contribution >= 0.6 is 11.6 Å². The topological polar surface area (TPSA) is 80.2 Å². The highest BCUT2D eigenvalue weighted by molar-refractivity contribution is 6.29. The molecule has 2 aromatic heterocycles. The summed E-state index contributed by atoms with van der Waals surface area (Å²) in [6.45, 7) is 2.98. The molecule has 0 bridgehead atoms. The lowest BCUT2D eigenvalue weighted by atomic mass is 9.77. The van der Waals surface area contributed by atoms with Crippen LogP contribution < -0.4 is 16.0 Å². The third-order valence-corrected chi connectivity index (χ3v) is 7.75. The molecular weight excluding hydrogens is 440 g/mol. The van der Waals surface area contributed by atoms with Crippen LogP contribution in [0.5, 0.6) is 5.75 Å². The smallest absolute Gasteiger partial charge is 0.328 e. The van der Waals surface area contributed by atoms with Crippen molar-refractivity contribution < 1.29 is 4.74 Å². The average Bonchev–Trinajstić information content (AvgIpc) is 3.40. The summed E-state index contributed by atoms with van der Waals surface area (Å²) in [7, 11) is 1.73. The maximum Gasteiger partial charge on any atom is 0.328 e. The number of rotatable bonds is 4. The number of likely N-dealkylation sites (tertiary alicyclic amines) is 1. The molecule has 3 aliphatic rings. The van der Waals surface area contributed by atoms with Gasteiger partial charge < -0.3 is 14.6 Å². The molecule has 0 amide bonds. The van der Waals surface area contributed by atoms with Gasteiger partial charge >= 0.3 is 5.69 Å². The van der Waals surface area contributed by atoms with Crippen LogP contribution in [-0.2, 0) is 19.4 Å². The Morgan fingerprint density at radius 1 is 1.15 bits per heavy atom. The zero-order valence-electron chi connectivity index (χ0n) is 18.4. The number of aromatic amines is 1. The minimum Gasteiger partial charge on any atom is -0.496 e. The van der Waals surface area contributed by atoms with Gasteiger partial charge in [0.2, 0.25) is 0 Å². The normalized spacial score (nSPS) is 20.8. The summed E-state index contributed by atoms with van der Waals surface area (Å²) >= 11 is 6.02. The van der Waals surface area contributed by atoms with Crippen molar-refractivity contribution in [3.8, 4) is 17.1 Å². The molecule has 0 saturated carbocycles. The van der Waals surface area contributed by atoms with Crippen LogP contribution in [-0.4, -0.2) is 46.2 Å². The van der Waals surface area contributed by atoms with Crippen LogP contribution in [0.1, 0.15) is 34.6 Å². The number of methoxy groups -OCH3 is 1. The number of H-pyrrole nitrogens is 1. The quantitative estimate of drug-likeness (QED) is 0.470. The van der Waals surface area contributed by atoms with Crippen molar-refractivity contribution in [2.24, 2.45) is 5.92 Å². The van der Waals surface area contributed by atoms with Crippen LogP contribution in [0, 0.1) is 5.92 Å². The molecule has 1 saturated heterocycles. The average molecular weight is 465 g/mol. The first-order chi connectivity index (χ1) is 16.0. The van der Waals surface area contributed by atoms with Gasteiger partial charge in [-0.15, -0.1) is 0 Å². The fourth-order valence-corrected chi connectivity index (χ4v) is 6.09. The number of benzene rings is 1. The lowest BCUT2D eigenvalue weighted by molar-refractivity contribution is 0.302. The standard InChI is InChI=1S/C25H25ClN4O3/c1-33-20-4-2-3-16-17(20)7-5-15-12-29(13-19(15)16)9-10-30-24(31)18-11-14-6-8-21(26)27-22(14)23(18)28-25(30)32/h2-4,6,8,15,19H,5,7,9-13H2,1H3,(H,28,32)/t15-,19+/m0/s1. The van der Waals surface area contributed by atoms with E-state index in [1.807, 2.05) is 12.1 Å². The Morgan fingerprint density at radius 3 is 2.88 bits per heavy atom. The monoisotopic (exact) mass is 464 g/mol. The van der Waals surface area contributed by atoms with Crippen LogP contribution in [0.4, 0.5) is 0 Å². The van der Waals surface area contributed by atoms with Crippen LogP contribution in [0.2, 0.25) is 5.15 Å². The van der Waals surface area contributed by atoms with E-state index in [-0.39, 0.29) is 11.2 Å². The largest absolute Gasteiger partial charge is 0.496 e. The van der Waals surface area contributed by atoms with Crippen molar-refractivity contribution >= 4 is 11.6 Å². The van der Waals surface area contributed by atoms with E-state index in [0.717, 1.165) is 37.2 Å². The molecule has 8 heteroatoms. The molecule has 33 heavy (non-hydrogen) atoms. The zero-order valence-corrected chi connectivity index (χ0v) is 19.2. The van der Waals surface area contributed by atoms with E-state index in [4.69, 9.17) is 16.3 Å². The number of ether oxygens (including phenoxy) is 1. The highest BCUT2D eigenvalue weighted by Crippen LogP contribution is 2.44. The number of hydrogen-bond acceptors (Lipinski definition) is 5. The van der Waals surface area contributed by atoms with Gasteiger partial charge in [-0.05, 0) is 47.6 Å². The maximum absolute atomic E-state index is 13.2. The molecule has 1 aromatic carbocycles. The van der Waals surface area contributed by atoms with E-state index in [9.17, 15) is 9.59 Å². The Kier molecular flexibility index (Phi) is 4.92. The Morgan fingerprint density at radius 2 is 2.03 bits per heavy atom. The molecule has 1 aliphatic heterocycles. The highest BCUT2D eigenvalue weighted by atomic mass is 35.5. The van der Waals surface area contributed by atoms with Crippen LogP contribution in [0.15, 0.2) is 39.9 Å². The van der Waals surface area contributed by atoms with Crippen molar-refractivity contribution in [2.75, 3.05) is 26.7 Å². The first-order valence-corrected chi connectivity index (χ1v) is 11.8. The summed E-state index contributed by atoms with van der Waals surface area (Å²) in [5.74, 6) is 2.06. The minimum atomic E-state index is -0.389. The van der Waals surface area contributed by atoms with E-state index < -0.39 is 0 Å². The van der Waals surface area contributed by atoms with Crippen molar-refractivity contribution in [1.29, 1.82) is 0 Å². The molecule has 170 valence electrons. The number of hydrogen-bond donors (Lipinski definition) is 1. The fourth-order valence-electron chi connectivity index (χ4n) is 5.94. The van der Waals surface area contributed by atoms with Gasteiger partial charge in [0.15, 0.2) is 0 Å². The van der Waals surface area contributed by atoms with Gasteiger partial charge in [-0.2, -0.15) is 0 Å². The molecule has 1 N–H and O–H groups in total. The lowest BCUT2D eigenvalue weighted by Gasteiger charge is -2.28. The zero-order chi connectivity index (χ0) is 22.7. The lowest BCUT2D eigenvalue weighted by Crippen LogP contribution is -2.40. The molecule has 1 fully saturated rings. The summed E-state index contributed by atoms with van der Waals surface area (Å²) in [4.78, 5) is 35.6. The molecule has 6 rings (SSSR count). The van der Waals surface area contributed by atoms with Crippen molar-refractivity contribution in [2.45, 2.75) is 31.7 Å². The SMILES string of the molecule is COc1cccc2c1CC[C@H]1CN(CCn3c(=O)[nH]c4c(c3=O)Cc3ccc(Cl)nc3-4)C[C@@H]21. The molecule has 3 heterocycles. The third kappa shape index (κ3) is 3.33. The van der Waals surface area contributed by atoms with Gasteiger partial charge in [0.05, 0.1) is 18.5 Å². The van der Waals surface area contributed by atoms with Crippen molar-refractivity contribution in [1.82, 2.24) is 19.4 Å². The van der Waals surface area contributed by atoms with Gasteiger partial charge in [-0.3, -0.25) is 9.36 Å². The second-order valence-electron chi connectivity index (χ2n) is 9.25. The Bertz CT molecular complexity index is 1380. The van der Waals surface area contributed by atoms with E-state index in [1.165, 1.54) is 15.7 Å². The summed E-state index contributed by atoms with van der Waals surface area (Å²) in [5.41, 5.74) is 4.74. The molecule has 7 nitrogen and oxygen atoms in total. The van der Waals surface area contributed by atoms with Crippen molar-refractivity contribution in [3.05, 3.63) is 78.6 Å². The van der Waals surface area contributed by atoms with Crippen molar-refractivity contribution in [3.63, 3.8) is 0 Å². The maximum atomic E-state index is 13.2. The Hall–Kier alpha value is -2.90. The number of fused-ring (bicyclic) bond motifs is 6. The number of pyridine rings is 1. The predicted octanol–water partition coefficient (Wildman–Crippen LogP) is 2.83. The molecule has 3 aromatic rings. The number of nitrogens with one attached hydrogen (secondary N) is 1. The molecule has 0 spiro atoms. The van der Waals surface area contributed by atoms with E-state index in [0.29, 0.717) is 53.5 Å². The highest BCUT2D eigenvalue weighted by Gasteiger charge is 2.38. The van der Waals surface area contributed by atoms with Gasteiger partial charge in [0.25, 0.3) is 5.56 Å². The number of nitrogens with zero attached hydrogens (tertiary/aromatic N) is 3. The van der Waals surface area contributed by atoms with E-state index in [1.54, 1.807) is 13.2 Å². The Labute approximate surface area is 196 Å². The second kappa shape index (κ2) is 7.85. The molecular formula is C25H25ClN4O3. The molecule has 2 aliphatic carbocycles. The molecule has 2 atom stereocenters. The number of halogens is 1. The van der Waals surface area contributed by atoms with Gasteiger partial charge in [-0.1, -0.05) is 29.8 Å². The number of aromatic nitrogens is 3. The van der Waals surface area contributed by atoms with Crippen LogP contribution in [0.25, 0.3) is 11.4 Å². The van der Waals surface area contributed by atoms with Gasteiger partial charge in [0.1, 0.15) is 10.9 Å². The summed E-state index contributed by atoms with van der Waals surface area (Å²) in [6.07, 6.45) is 2.65. The van der Waals surface area contributed by atoms with Gasteiger partial charge in [-0.25, -0.2) is 9.78 Å². The second-order valence-corrected chi connectivity index (χ2v) is 9.64. The third-order valence-electron chi connectivity index (χ3n) is 7.54. The van der Waals surface area contributed by atoms with Crippen LogP contribution in [0.3, 0.4) is 0 Å². The fraction of sp³-hybridized carbons (Fsp3) is 0.400. The molecule has 0 radical (unpaired) electrons. The minimum absolute atomic E-state index is 0.227. The summed E-state index contributed by atoms with van der Waals surface area (Å²) < 4.78 is 6.92. The van der Waals surface area contributed by atoms with Gasteiger partial charge in [0, 0.05) is 44.1 Å². The predicted molar refractivity (Wildman–Crippen MR) is 126 cm³/mol. The first-order valence-electron chi connectivity index (χ1n) is 11.4. The molecule has 0 unspecified atom stereocenters. The summed E-state index contributed by atoms with van der Waals surface area (Å²) in [5, 5.41) is 0.348. The summed E-state index contributed by atoms with van der Waals surface area (Å²) in [6, 6.07) is 9.92. The first kappa shape index (κ1) is 20.7. The Balaban J connectivity index is 1.22. The van der Waals surface area contributed by atoms with E-state index >= 15 is 0 Å². The van der Waals surface area contributed by atoms with E-state index in [2.05, 4.69) is 27.0 Å².